The van der Waals surface area contributed by atoms with Crippen molar-refractivity contribution in [2.24, 2.45) is 22.2 Å². The summed E-state index contributed by atoms with van der Waals surface area (Å²) in [4.78, 5) is 12.6. The molecule has 4 N–H and O–H groups in total. The maximum absolute atomic E-state index is 12.6. The highest BCUT2D eigenvalue weighted by Gasteiger charge is 2.43. The summed E-state index contributed by atoms with van der Waals surface area (Å²) >= 11 is 1.94. The quantitative estimate of drug-likeness (QED) is 0.243. The second-order valence-corrected chi connectivity index (χ2v) is 7.07. The average Bonchev–Trinajstić information content (AvgIpc) is 2.86. The molecule has 5 nitrogen and oxygen atoms in total. The van der Waals surface area contributed by atoms with Gasteiger partial charge >= 0.3 is 0 Å². The van der Waals surface area contributed by atoms with Crippen molar-refractivity contribution in [3.8, 4) is 0 Å². The van der Waals surface area contributed by atoms with E-state index in [0.29, 0.717) is 25.3 Å². The highest BCUT2D eigenvalue weighted by Crippen LogP contribution is 2.36. The Labute approximate surface area is 124 Å². The molecule has 20 heavy (non-hydrogen) atoms. The van der Waals surface area contributed by atoms with Crippen LogP contribution in [0.15, 0.2) is 5.16 Å². The van der Waals surface area contributed by atoms with Crippen LogP contribution in [-0.2, 0) is 4.79 Å². The lowest BCUT2D eigenvalue weighted by atomic mass is 9.78. The lowest BCUT2D eigenvalue weighted by Crippen LogP contribution is -2.50. The number of nitrogens with zero attached hydrogens (tertiary/aromatic N) is 1. The summed E-state index contributed by atoms with van der Waals surface area (Å²) in [6.45, 7) is 0.715. The molecule has 2 fully saturated rings. The van der Waals surface area contributed by atoms with Crippen molar-refractivity contribution in [3.63, 3.8) is 0 Å². The number of nitrogens with one attached hydrogen (secondary N) is 1. The van der Waals surface area contributed by atoms with Crippen molar-refractivity contribution in [1.29, 1.82) is 0 Å². The van der Waals surface area contributed by atoms with Crippen molar-refractivity contribution >= 4 is 23.5 Å². The maximum atomic E-state index is 12.6. The molecule has 0 aromatic carbocycles. The van der Waals surface area contributed by atoms with Gasteiger partial charge in [-0.05, 0) is 36.7 Å². The first-order valence-corrected chi connectivity index (χ1v) is 8.68. The van der Waals surface area contributed by atoms with Gasteiger partial charge in [-0.1, -0.05) is 30.8 Å². The van der Waals surface area contributed by atoms with E-state index in [9.17, 15) is 4.79 Å². The fraction of sp³-hybridized carbons (Fsp3) is 0.857. The number of amidine groups is 1. The third-order valence-corrected chi connectivity index (χ3v) is 5.80. The van der Waals surface area contributed by atoms with E-state index in [0.717, 1.165) is 31.4 Å². The molecule has 1 heterocycles. The van der Waals surface area contributed by atoms with Crippen LogP contribution in [0.4, 0.5) is 0 Å². The Bertz CT molecular complexity index is 359. The predicted molar refractivity (Wildman–Crippen MR) is 82.0 cm³/mol. The third kappa shape index (κ3) is 3.40. The largest absolute Gasteiger partial charge is 0.409 e. The van der Waals surface area contributed by atoms with Crippen LogP contribution in [-0.4, -0.2) is 35.0 Å². The molecule has 1 atom stereocenters. The van der Waals surface area contributed by atoms with Crippen LogP contribution in [0.2, 0.25) is 0 Å². The van der Waals surface area contributed by atoms with Crippen LogP contribution < -0.4 is 11.1 Å². The summed E-state index contributed by atoms with van der Waals surface area (Å²) in [5.41, 5.74) is 5.08. The molecule has 2 aliphatic rings. The first-order valence-electron chi connectivity index (χ1n) is 7.53. The molecular formula is C14H25N3O2S. The summed E-state index contributed by atoms with van der Waals surface area (Å²) < 4.78 is 0. The zero-order valence-electron chi connectivity index (χ0n) is 11.9. The maximum Gasteiger partial charge on any atom is 0.233 e. The molecule has 0 aromatic heterocycles. The smallest absolute Gasteiger partial charge is 0.233 e. The number of oxime groups is 1. The van der Waals surface area contributed by atoms with E-state index >= 15 is 0 Å². The second-order valence-electron chi connectivity index (χ2n) is 5.92. The summed E-state index contributed by atoms with van der Waals surface area (Å²) in [5.74, 6) is 2.91. The molecule has 0 radical (unpaired) electrons. The number of thioether (sulfide) groups is 1. The molecule has 1 saturated heterocycles. The topological polar surface area (TPSA) is 87.7 Å². The van der Waals surface area contributed by atoms with Gasteiger partial charge in [-0.2, -0.15) is 11.8 Å². The minimum atomic E-state index is -0.795. The van der Waals surface area contributed by atoms with Gasteiger partial charge in [0.2, 0.25) is 5.91 Å². The Morgan fingerprint density at radius 1 is 1.35 bits per heavy atom. The fourth-order valence-corrected chi connectivity index (χ4v) is 4.46. The molecular weight excluding hydrogens is 274 g/mol. The van der Waals surface area contributed by atoms with E-state index < -0.39 is 5.41 Å². The lowest BCUT2D eigenvalue weighted by Gasteiger charge is -2.30. The Morgan fingerprint density at radius 2 is 2.05 bits per heavy atom. The third-order valence-electron chi connectivity index (χ3n) is 4.57. The first kappa shape index (κ1) is 15.5. The molecule has 1 amide bonds. The molecule has 1 aliphatic carbocycles. The van der Waals surface area contributed by atoms with Crippen molar-refractivity contribution in [2.75, 3.05) is 18.1 Å². The predicted octanol–water partition coefficient (Wildman–Crippen LogP) is 1.94. The van der Waals surface area contributed by atoms with E-state index in [-0.39, 0.29) is 11.7 Å². The normalized spacial score (nSPS) is 27.0. The van der Waals surface area contributed by atoms with Gasteiger partial charge < -0.3 is 16.3 Å². The Kier molecular flexibility index (Phi) is 5.57. The van der Waals surface area contributed by atoms with E-state index in [1.165, 1.54) is 12.2 Å². The summed E-state index contributed by atoms with van der Waals surface area (Å²) in [5, 5.41) is 15.3. The number of nitrogens with two attached hydrogens (primary N) is 1. The average molecular weight is 299 g/mol. The number of carbonyl (C=O) groups excluding carboxylic acids is 1. The molecule has 0 bridgehead atoms. The van der Waals surface area contributed by atoms with Crippen molar-refractivity contribution in [3.05, 3.63) is 0 Å². The minimum absolute atomic E-state index is 0.0494. The minimum Gasteiger partial charge on any atom is -0.409 e. The fourth-order valence-electron chi connectivity index (χ4n) is 3.18. The van der Waals surface area contributed by atoms with E-state index in [4.69, 9.17) is 10.9 Å². The van der Waals surface area contributed by atoms with Gasteiger partial charge in [-0.3, -0.25) is 4.79 Å². The summed E-state index contributed by atoms with van der Waals surface area (Å²) in [7, 11) is 0. The highest BCUT2D eigenvalue weighted by atomic mass is 32.2. The van der Waals surface area contributed by atoms with Crippen molar-refractivity contribution in [1.82, 2.24) is 5.32 Å². The van der Waals surface area contributed by atoms with Gasteiger partial charge in [0.15, 0.2) is 5.84 Å². The molecule has 2 rings (SSSR count). The Balaban J connectivity index is 2.02. The number of rotatable bonds is 4. The first-order chi connectivity index (χ1) is 9.69. The van der Waals surface area contributed by atoms with Crippen LogP contribution in [0.5, 0.6) is 0 Å². The zero-order valence-corrected chi connectivity index (χ0v) is 12.8. The number of amides is 1. The molecule has 0 aromatic rings. The van der Waals surface area contributed by atoms with Crippen LogP contribution in [0.1, 0.15) is 44.9 Å². The number of hydrogen-bond acceptors (Lipinski definition) is 4. The van der Waals surface area contributed by atoms with E-state index in [1.54, 1.807) is 0 Å². The molecule has 1 aliphatic heterocycles. The van der Waals surface area contributed by atoms with Gasteiger partial charge in [-0.15, -0.1) is 0 Å². The SMILES string of the molecule is NC(=NO)C1(C(=O)NCC2CCSC2)CCCCCC1. The number of carbonyl (C=O) groups is 1. The van der Waals surface area contributed by atoms with Gasteiger partial charge in [0.25, 0.3) is 0 Å². The standard InChI is InChI=1S/C14H25N3O2S/c15-12(17-19)14(6-3-1-2-4-7-14)13(18)16-9-11-5-8-20-10-11/h11,19H,1-10H2,(H2,15,17)(H,16,18). The van der Waals surface area contributed by atoms with Gasteiger partial charge in [0.1, 0.15) is 5.41 Å². The van der Waals surface area contributed by atoms with Crippen molar-refractivity contribution < 1.29 is 10.0 Å². The highest BCUT2D eigenvalue weighted by molar-refractivity contribution is 7.99. The molecule has 114 valence electrons. The van der Waals surface area contributed by atoms with Crippen LogP contribution in [0.3, 0.4) is 0 Å². The molecule has 0 spiro atoms. The van der Waals surface area contributed by atoms with Crippen molar-refractivity contribution in [2.45, 2.75) is 44.9 Å². The number of hydrogen-bond donors (Lipinski definition) is 3. The van der Waals surface area contributed by atoms with Gasteiger partial charge in [0.05, 0.1) is 0 Å². The monoisotopic (exact) mass is 299 g/mol. The Hall–Kier alpha value is -0.910. The zero-order chi connectivity index (χ0) is 14.4. The summed E-state index contributed by atoms with van der Waals surface area (Å²) in [6.07, 6.45) is 6.70. The van der Waals surface area contributed by atoms with Crippen LogP contribution in [0.25, 0.3) is 0 Å². The second kappa shape index (κ2) is 7.20. The molecule has 1 saturated carbocycles. The van der Waals surface area contributed by atoms with Gasteiger partial charge in [0, 0.05) is 6.54 Å². The van der Waals surface area contributed by atoms with E-state index in [2.05, 4.69) is 10.5 Å². The summed E-state index contributed by atoms with van der Waals surface area (Å²) in [6, 6.07) is 0. The van der Waals surface area contributed by atoms with Gasteiger partial charge in [-0.25, -0.2) is 0 Å². The van der Waals surface area contributed by atoms with Crippen LogP contribution >= 0.6 is 11.8 Å². The molecule has 1 unspecified atom stereocenters. The lowest BCUT2D eigenvalue weighted by molar-refractivity contribution is -0.128. The molecule has 6 heteroatoms. The Morgan fingerprint density at radius 3 is 2.60 bits per heavy atom. The van der Waals surface area contributed by atoms with E-state index in [1.807, 2.05) is 11.8 Å². The van der Waals surface area contributed by atoms with Crippen LogP contribution in [0, 0.1) is 11.3 Å².